The third kappa shape index (κ3) is 3.32. The van der Waals surface area contributed by atoms with E-state index in [-0.39, 0.29) is 17.9 Å². The molecule has 1 unspecified atom stereocenters. The van der Waals surface area contributed by atoms with Gasteiger partial charge >= 0.3 is 0 Å². The Kier molecular flexibility index (Phi) is 4.50. The zero-order chi connectivity index (χ0) is 12.3. The third-order valence-electron chi connectivity index (χ3n) is 2.57. The smallest absolute Gasteiger partial charge is 0.237 e. The molecular formula is C12H20N2OS. The number of thiophene rings is 1. The summed E-state index contributed by atoms with van der Waals surface area (Å²) in [5.74, 6) is 0.0887. The van der Waals surface area contributed by atoms with Gasteiger partial charge < -0.3 is 11.1 Å². The van der Waals surface area contributed by atoms with E-state index in [4.69, 9.17) is 5.73 Å². The van der Waals surface area contributed by atoms with Crippen molar-refractivity contribution in [3.8, 4) is 0 Å². The summed E-state index contributed by atoms with van der Waals surface area (Å²) in [4.78, 5) is 14.2. The van der Waals surface area contributed by atoms with Crippen LogP contribution in [0.5, 0.6) is 0 Å². The molecule has 0 fully saturated rings. The molecule has 0 aromatic carbocycles. The Hall–Kier alpha value is -0.870. The Morgan fingerprint density at radius 3 is 2.44 bits per heavy atom. The van der Waals surface area contributed by atoms with E-state index in [0.717, 1.165) is 0 Å². The first-order chi connectivity index (χ1) is 7.41. The summed E-state index contributed by atoms with van der Waals surface area (Å²) < 4.78 is 0. The standard InChI is InChI=1S/C12H20N2OS/c1-7(2)11(13)12(15)14-9(4)10-6-5-8(3)16-10/h5-7,9,11H,13H2,1-4H3,(H,14,15)/t9?,11-/m1/s1. The Balaban J connectivity index is 2.58. The quantitative estimate of drug-likeness (QED) is 0.848. The van der Waals surface area contributed by atoms with Crippen LogP contribution < -0.4 is 11.1 Å². The lowest BCUT2D eigenvalue weighted by Gasteiger charge is -2.18. The first-order valence-corrected chi connectivity index (χ1v) is 6.35. The lowest BCUT2D eigenvalue weighted by molar-refractivity contribution is -0.123. The summed E-state index contributed by atoms with van der Waals surface area (Å²) in [6, 6.07) is 3.72. The minimum atomic E-state index is -0.427. The summed E-state index contributed by atoms with van der Waals surface area (Å²) in [5, 5.41) is 2.94. The first kappa shape index (κ1) is 13.2. The van der Waals surface area contributed by atoms with Crippen molar-refractivity contribution in [1.29, 1.82) is 0 Å². The lowest BCUT2D eigenvalue weighted by atomic mass is 10.0. The van der Waals surface area contributed by atoms with Crippen molar-refractivity contribution in [2.45, 2.75) is 39.8 Å². The van der Waals surface area contributed by atoms with Crippen LogP contribution in [0.1, 0.15) is 36.6 Å². The monoisotopic (exact) mass is 240 g/mol. The summed E-state index contributed by atoms with van der Waals surface area (Å²) in [6.07, 6.45) is 0. The number of nitrogens with two attached hydrogens (primary N) is 1. The van der Waals surface area contributed by atoms with Crippen molar-refractivity contribution in [2.75, 3.05) is 0 Å². The highest BCUT2D eigenvalue weighted by atomic mass is 32.1. The predicted molar refractivity (Wildman–Crippen MR) is 68.4 cm³/mol. The maximum Gasteiger partial charge on any atom is 0.237 e. The van der Waals surface area contributed by atoms with Gasteiger partial charge in [0.2, 0.25) is 5.91 Å². The van der Waals surface area contributed by atoms with Crippen LogP contribution in [-0.4, -0.2) is 11.9 Å². The Morgan fingerprint density at radius 1 is 1.38 bits per heavy atom. The molecule has 0 saturated heterocycles. The molecule has 3 N–H and O–H groups in total. The number of amides is 1. The molecule has 0 aliphatic heterocycles. The Bertz CT molecular complexity index is 360. The van der Waals surface area contributed by atoms with Crippen molar-refractivity contribution in [1.82, 2.24) is 5.32 Å². The van der Waals surface area contributed by atoms with Gasteiger partial charge in [-0.3, -0.25) is 4.79 Å². The molecule has 3 nitrogen and oxygen atoms in total. The number of hydrogen-bond acceptors (Lipinski definition) is 3. The maximum absolute atomic E-state index is 11.7. The molecule has 1 amide bonds. The molecule has 1 aromatic heterocycles. The molecule has 0 saturated carbocycles. The Morgan fingerprint density at radius 2 is 2.00 bits per heavy atom. The van der Waals surface area contributed by atoms with Gasteiger partial charge in [-0.15, -0.1) is 11.3 Å². The molecule has 16 heavy (non-hydrogen) atoms. The van der Waals surface area contributed by atoms with Gasteiger partial charge in [0.15, 0.2) is 0 Å². The summed E-state index contributed by atoms with van der Waals surface area (Å²) in [5.41, 5.74) is 5.78. The Labute approximate surface area is 101 Å². The van der Waals surface area contributed by atoms with Crippen LogP contribution in [0.3, 0.4) is 0 Å². The molecule has 0 spiro atoms. The summed E-state index contributed by atoms with van der Waals surface area (Å²) >= 11 is 1.70. The van der Waals surface area contributed by atoms with Gasteiger partial charge in [-0.05, 0) is 31.9 Å². The van der Waals surface area contributed by atoms with Crippen LogP contribution in [0.2, 0.25) is 0 Å². The topological polar surface area (TPSA) is 55.1 Å². The zero-order valence-corrected chi connectivity index (χ0v) is 11.1. The molecule has 0 bridgehead atoms. The highest BCUT2D eigenvalue weighted by Crippen LogP contribution is 2.22. The number of aryl methyl sites for hydroxylation is 1. The minimum Gasteiger partial charge on any atom is -0.347 e. The molecule has 1 rings (SSSR count). The largest absolute Gasteiger partial charge is 0.347 e. The highest BCUT2D eigenvalue weighted by Gasteiger charge is 2.19. The number of rotatable bonds is 4. The van der Waals surface area contributed by atoms with Crippen LogP contribution >= 0.6 is 11.3 Å². The maximum atomic E-state index is 11.7. The molecule has 1 heterocycles. The van der Waals surface area contributed by atoms with Gasteiger partial charge in [0.05, 0.1) is 12.1 Å². The number of hydrogen-bond donors (Lipinski definition) is 2. The van der Waals surface area contributed by atoms with E-state index >= 15 is 0 Å². The van der Waals surface area contributed by atoms with Gasteiger partial charge in [0.25, 0.3) is 0 Å². The van der Waals surface area contributed by atoms with E-state index < -0.39 is 6.04 Å². The average Bonchev–Trinajstić information content (AvgIpc) is 2.63. The number of nitrogens with one attached hydrogen (secondary N) is 1. The molecule has 0 aliphatic carbocycles. The molecule has 0 radical (unpaired) electrons. The summed E-state index contributed by atoms with van der Waals surface area (Å²) in [7, 11) is 0. The van der Waals surface area contributed by atoms with Crippen LogP contribution in [0.4, 0.5) is 0 Å². The van der Waals surface area contributed by atoms with Crippen LogP contribution in [0, 0.1) is 12.8 Å². The van der Waals surface area contributed by atoms with Crippen LogP contribution in [0.15, 0.2) is 12.1 Å². The van der Waals surface area contributed by atoms with Crippen molar-refractivity contribution < 1.29 is 4.79 Å². The summed E-state index contributed by atoms with van der Waals surface area (Å²) in [6.45, 7) is 7.94. The van der Waals surface area contributed by atoms with E-state index in [1.165, 1.54) is 9.75 Å². The fourth-order valence-corrected chi connectivity index (χ4v) is 2.25. The average molecular weight is 240 g/mol. The molecule has 90 valence electrons. The normalized spacial score (nSPS) is 14.9. The number of carbonyl (C=O) groups is 1. The van der Waals surface area contributed by atoms with E-state index in [9.17, 15) is 4.79 Å². The number of carbonyl (C=O) groups excluding carboxylic acids is 1. The predicted octanol–water partition coefficient (Wildman–Crippen LogP) is 2.22. The van der Waals surface area contributed by atoms with Crippen molar-refractivity contribution in [3.63, 3.8) is 0 Å². The molecule has 1 aromatic rings. The van der Waals surface area contributed by atoms with Crippen molar-refractivity contribution >= 4 is 17.2 Å². The van der Waals surface area contributed by atoms with E-state index in [1.54, 1.807) is 11.3 Å². The van der Waals surface area contributed by atoms with Gasteiger partial charge in [-0.2, -0.15) is 0 Å². The molecular weight excluding hydrogens is 220 g/mol. The van der Waals surface area contributed by atoms with Gasteiger partial charge in [-0.1, -0.05) is 13.8 Å². The van der Waals surface area contributed by atoms with E-state index in [0.29, 0.717) is 0 Å². The molecule has 2 atom stereocenters. The van der Waals surface area contributed by atoms with Crippen molar-refractivity contribution in [2.24, 2.45) is 11.7 Å². The SMILES string of the molecule is Cc1ccc(C(C)NC(=O)[C@H](N)C(C)C)s1. The molecule has 0 aliphatic rings. The second-order valence-corrected chi connectivity index (χ2v) is 5.77. The van der Waals surface area contributed by atoms with E-state index in [2.05, 4.69) is 18.3 Å². The second-order valence-electron chi connectivity index (χ2n) is 4.45. The fourth-order valence-electron chi connectivity index (χ4n) is 1.37. The third-order valence-corrected chi connectivity index (χ3v) is 3.75. The van der Waals surface area contributed by atoms with Crippen LogP contribution in [0.25, 0.3) is 0 Å². The lowest BCUT2D eigenvalue weighted by Crippen LogP contribution is -2.44. The van der Waals surface area contributed by atoms with Crippen molar-refractivity contribution in [3.05, 3.63) is 21.9 Å². The minimum absolute atomic E-state index is 0.0380. The van der Waals surface area contributed by atoms with E-state index in [1.807, 2.05) is 26.8 Å². The zero-order valence-electron chi connectivity index (χ0n) is 10.3. The van der Waals surface area contributed by atoms with Gasteiger partial charge in [-0.25, -0.2) is 0 Å². The molecule has 4 heteroatoms. The first-order valence-electron chi connectivity index (χ1n) is 5.54. The fraction of sp³-hybridized carbons (Fsp3) is 0.583. The second kappa shape index (κ2) is 5.46. The highest BCUT2D eigenvalue weighted by molar-refractivity contribution is 7.12. The van der Waals surface area contributed by atoms with Gasteiger partial charge in [0.1, 0.15) is 0 Å². The van der Waals surface area contributed by atoms with Gasteiger partial charge in [0, 0.05) is 9.75 Å². The van der Waals surface area contributed by atoms with Crippen LogP contribution in [-0.2, 0) is 4.79 Å².